The second-order valence-corrected chi connectivity index (χ2v) is 10.5. The minimum Gasteiger partial charge on any atom is -0.448 e. The monoisotopic (exact) mass is 480 g/mol. The van der Waals surface area contributed by atoms with Crippen molar-refractivity contribution in [1.29, 1.82) is 0 Å². The zero-order valence-electron chi connectivity index (χ0n) is 22.4. The molecule has 0 atom stereocenters. The van der Waals surface area contributed by atoms with E-state index in [4.69, 9.17) is 9.47 Å². The first-order chi connectivity index (χ1) is 16.5. The van der Waals surface area contributed by atoms with Crippen molar-refractivity contribution in [3.63, 3.8) is 0 Å². The molecule has 0 radical (unpaired) electrons. The van der Waals surface area contributed by atoms with Crippen molar-refractivity contribution in [1.82, 2.24) is 9.80 Å². The van der Waals surface area contributed by atoms with E-state index in [1.54, 1.807) is 9.80 Å². The van der Waals surface area contributed by atoms with Crippen molar-refractivity contribution in [2.24, 2.45) is 0 Å². The average molecular weight is 481 g/mol. The largest absolute Gasteiger partial charge is 0.448 e. The van der Waals surface area contributed by atoms with Gasteiger partial charge in [0.05, 0.1) is 5.41 Å². The molecule has 0 heterocycles. The van der Waals surface area contributed by atoms with Crippen LogP contribution in [0.1, 0.15) is 66.5 Å². The molecule has 0 aliphatic heterocycles. The smallest absolute Gasteiger partial charge is 0.410 e. The van der Waals surface area contributed by atoms with Gasteiger partial charge in [0.1, 0.15) is 13.2 Å². The number of hydrogen-bond acceptors (Lipinski definition) is 4. The highest BCUT2D eigenvalue weighted by atomic mass is 16.6. The van der Waals surface area contributed by atoms with E-state index in [-0.39, 0.29) is 49.6 Å². The molecule has 0 aromatic heterocycles. The van der Waals surface area contributed by atoms with Crippen LogP contribution in [-0.4, -0.2) is 59.4 Å². The highest BCUT2D eigenvalue weighted by Gasteiger charge is 2.46. The molecular formula is C29H40N2O4. The van der Waals surface area contributed by atoms with Crippen molar-refractivity contribution < 1.29 is 19.1 Å². The third-order valence-corrected chi connectivity index (χ3v) is 6.71. The van der Waals surface area contributed by atoms with Gasteiger partial charge in [-0.05, 0) is 77.6 Å². The normalized spacial score (nSPS) is 13.7. The molecule has 1 aliphatic carbocycles. The van der Waals surface area contributed by atoms with Crippen LogP contribution in [0.2, 0.25) is 0 Å². The molecule has 2 aromatic rings. The number of ether oxygens (including phenoxy) is 2. The third-order valence-electron chi connectivity index (χ3n) is 6.71. The molecule has 0 unspecified atom stereocenters. The first-order valence-electron chi connectivity index (χ1n) is 12.6. The molecule has 0 saturated heterocycles. The molecule has 0 fully saturated rings. The highest BCUT2D eigenvalue weighted by Crippen LogP contribution is 2.49. The minimum absolute atomic E-state index is 0.00469. The highest BCUT2D eigenvalue weighted by molar-refractivity contribution is 5.82. The lowest BCUT2D eigenvalue weighted by Gasteiger charge is -2.36. The lowest BCUT2D eigenvalue weighted by Crippen LogP contribution is -2.47. The summed E-state index contributed by atoms with van der Waals surface area (Å²) in [7, 11) is 0. The van der Waals surface area contributed by atoms with Crippen LogP contribution in [0, 0.1) is 0 Å². The summed E-state index contributed by atoms with van der Waals surface area (Å²) in [5.41, 5.74) is 3.36. The first-order valence-corrected chi connectivity index (χ1v) is 12.6. The van der Waals surface area contributed by atoms with Crippen LogP contribution < -0.4 is 0 Å². The van der Waals surface area contributed by atoms with Gasteiger partial charge in [0.15, 0.2) is 0 Å². The maximum absolute atomic E-state index is 13.2. The average Bonchev–Trinajstić information content (AvgIpc) is 3.06. The quantitative estimate of drug-likeness (QED) is 0.435. The number of nitrogens with zero attached hydrogens (tertiary/aromatic N) is 2. The molecule has 0 N–H and O–H groups in total. The van der Waals surface area contributed by atoms with Gasteiger partial charge in [-0.3, -0.25) is 0 Å². The van der Waals surface area contributed by atoms with E-state index in [9.17, 15) is 9.59 Å². The number of hydrogen-bond donors (Lipinski definition) is 0. The van der Waals surface area contributed by atoms with Crippen LogP contribution in [0.3, 0.4) is 0 Å². The fraction of sp³-hybridized carbons (Fsp3) is 0.517. The fourth-order valence-corrected chi connectivity index (χ4v) is 5.32. The maximum atomic E-state index is 13.2. The summed E-state index contributed by atoms with van der Waals surface area (Å²) in [6, 6.07) is 16.2. The SMILES string of the molecule is CC(C)N(C(=O)OCC1(COC(=O)N(C(C)C)C(C)C)c2ccccc2-c2ccccc21)C(C)C. The van der Waals surface area contributed by atoms with Crippen LogP contribution in [0.15, 0.2) is 48.5 Å². The second kappa shape index (κ2) is 10.7. The Morgan fingerprint density at radius 1 is 0.629 bits per heavy atom. The van der Waals surface area contributed by atoms with E-state index in [0.29, 0.717) is 0 Å². The van der Waals surface area contributed by atoms with Crippen LogP contribution >= 0.6 is 0 Å². The van der Waals surface area contributed by atoms with Crippen LogP contribution in [0.5, 0.6) is 0 Å². The molecule has 0 saturated carbocycles. The molecule has 3 rings (SSSR count). The molecule has 6 heteroatoms. The number of amides is 2. The van der Waals surface area contributed by atoms with Crippen LogP contribution in [0.25, 0.3) is 11.1 Å². The summed E-state index contributed by atoms with van der Waals surface area (Å²) in [4.78, 5) is 29.8. The van der Waals surface area contributed by atoms with E-state index in [1.165, 1.54) is 0 Å². The number of rotatable bonds is 8. The zero-order valence-corrected chi connectivity index (χ0v) is 22.4. The van der Waals surface area contributed by atoms with Gasteiger partial charge in [0.25, 0.3) is 0 Å². The van der Waals surface area contributed by atoms with Crippen molar-refractivity contribution in [3.8, 4) is 11.1 Å². The van der Waals surface area contributed by atoms with Gasteiger partial charge in [0.2, 0.25) is 0 Å². The predicted octanol–water partition coefficient (Wildman–Crippen LogP) is 6.46. The Morgan fingerprint density at radius 3 is 1.26 bits per heavy atom. The van der Waals surface area contributed by atoms with E-state index in [0.717, 1.165) is 22.3 Å². The van der Waals surface area contributed by atoms with Gasteiger partial charge < -0.3 is 19.3 Å². The number of carbonyl (C=O) groups is 2. The van der Waals surface area contributed by atoms with Crippen molar-refractivity contribution >= 4 is 12.2 Å². The van der Waals surface area contributed by atoms with E-state index < -0.39 is 5.41 Å². The minimum atomic E-state index is -0.794. The molecule has 6 nitrogen and oxygen atoms in total. The van der Waals surface area contributed by atoms with Gasteiger partial charge in [-0.15, -0.1) is 0 Å². The Balaban J connectivity index is 2.01. The molecule has 0 bridgehead atoms. The fourth-order valence-electron chi connectivity index (χ4n) is 5.32. The van der Waals surface area contributed by atoms with Gasteiger partial charge in [-0.25, -0.2) is 9.59 Å². The zero-order chi connectivity index (χ0) is 25.9. The van der Waals surface area contributed by atoms with Crippen molar-refractivity contribution in [2.75, 3.05) is 13.2 Å². The van der Waals surface area contributed by atoms with Crippen LogP contribution in [-0.2, 0) is 14.9 Å². The molecule has 2 amide bonds. The van der Waals surface area contributed by atoms with Gasteiger partial charge in [0, 0.05) is 24.2 Å². The Hall–Kier alpha value is -3.02. The Kier molecular flexibility index (Phi) is 8.14. The summed E-state index contributed by atoms with van der Waals surface area (Å²) in [5.74, 6) is 0. The molecule has 0 spiro atoms. The summed E-state index contributed by atoms with van der Waals surface area (Å²) in [5, 5.41) is 0. The standard InChI is InChI=1S/C29H40N2O4/c1-19(2)30(20(3)4)27(32)34-17-29(18-35-28(33)31(21(5)6)22(7)8)25-15-11-9-13-23(25)24-14-10-12-16-26(24)29/h9-16,19-22H,17-18H2,1-8H3. The Bertz CT molecular complexity index is 945. The van der Waals surface area contributed by atoms with Gasteiger partial charge in [-0.1, -0.05) is 48.5 Å². The molecule has 190 valence electrons. The molecular weight excluding hydrogens is 440 g/mol. The lowest BCUT2D eigenvalue weighted by molar-refractivity contribution is 0.0364. The molecule has 35 heavy (non-hydrogen) atoms. The number of fused-ring (bicyclic) bond motifs is 3. The van der Waals surface area contributed by atoms with E-state index in [2.05, 4.69) is 12.1 Å². The summed E-state index contributed by atoms with van der Waals surface area (Å²) >= 11 is 0. The third kappa shape index (κ3) is 5.16. The van der Waals surface area contributed by atoms with Gasteiger partial charge >= 0.3 is 12.2 Å². The van der Waals surface area contributed by atoms with Gasteiger partial charge in [-0.2, -0.15) is 0 Å². The topological polar surface area (TPSA) is 59.1 Å². The second-order valence-electron chi connectivity index (χ2n) is 10.5. The summed E-state index contributed by atoms with van der Waals surface area (Å²) in [6.45, 7) is 16.0. The van der Waals surface area contributed by atoms with Crippen molar-refractivity contribution in [3.05, 3.63) is 59.7 Å². The summed E-state index contributed by atoms with van der Waals surface area (Å²) < 4.78 is 12.0. The van der Waals surface area contributed by atoms with E-state index >= 15 is 0 Å². The summed E-state index contributed by atoms with van der Waals surface area (Å²) in [6.07, 6.45) is -0.734. The molecule has 1 aliphatic rings. The first kappa shape index (κ1) is 26.6. The Labute approximate surface area is 210 Å². The number of benzene rings is 2. The predicted molar refractivity (Wildman–Crippen MR) is 140 cm³/mol. The van der Waals surface area contributed by atoms with Crippen molar-refractivity contribution in [2.45, 2.75) is 85.0 Å². The maximum Gasteiger partial charge on any atom is 0.410 e. The van der Waals surface area contributed by atoms with E-state index in [1.807, 2.05) is 91.8 Å². The number of carbonyl (C=O) groups excluding carboxylic acids is 2. The molecule has 2 aromatic carbocycles. The van der Waals surface area contributed by atoms with Crippen LogP contribution in [0.4, 0.5) is 9.59 Å². The Morgan fingerprint density at radius 2 is 0.943 bits per heavy atom. The lowest BCUT2D eigenvalue weighted by atomic mass is 9.79.